The molecular formula is C21H29N7O3. The Morgan fingerprint density at radius 3 is 2.81 bits per heavy atom. The van der Waals surface area contributed by atoms with Gasteiger partial charge in [-0.3, -0.25) is 14.8 Å². The number of aliphatic imine (C=N–C) groups is 1. The molecule has 10 heteroatoms. The van der Waals surface area contributed by atoms with Crippen molar-refractivity contribution in [3.63, 3.8) is 0 Å². The highest BCUT2D eigenvalue weighted by Gasteiger charge is 2.14. The predicted octanol–water partition coefficient (Wildman–Crippen LogP) is 1.60. The van der Waals surface area contributed by atoms with Crippen LogP contribution in [0.1, 0.15) is 36.5 Å². The van der Waals surface area contributed by atoms with Crippen LogP contribution in [0.25, 0.3) is 0 Å². The van der Waals surface area contributed by atoms with Crippen LogP contribution in [-0.2, 0) is 6.42 Å². The number of nitrogens with two attached hydrogens (primary N) is 1. The van der Waals surface area contributed by atoms with Crippen molar-refractivity contribution < 1.29 is 14.6 Å². The Labute approximate surface area is 181 Å². The van der Waals surface area contributed by atoms with Crippen LogP contribution in [0.2, 0.25) is 0 Å². The molecule has 1 unspecified atom stereocenters. The number of hydrogen-bond donors (Lipinski definition) is 3. The number of guanidine groups is 1. The van der Waals surface area contributed by atoms with Gasteiger partial charge in [-0.05, 0) is 44.4 Å². The van der Waals surface area contributed by atoms with Crippen LogP contribution in [0.3, 0.4) is 0 Å². The molecule has 0 aromatic carbocycles. The zero-order valence-electron chi connectivity index (χ0n) is 18.1. The summed E-state index contributed by atoms with van der Waals surface area (Å²) in [5, 5.41) is 13.0. The molecule has 166 valence electrons. The number of pyridine rings is 1. The first-order valence-electron chi connectivity index (χ1n) is 9.86. The summed E-state index contributed by atoms with van der Waals surface area (Å²) in [6.45, 7) is 8.33. The van der Waals surface area contributed by atoms with E-state index in [4.69, 9.17) is 10.5 Å². The van der Waals surface area contributed by atoms with Crippen LogP contribution in [-0.4, -0.2) is 63.3 Å². The van der Waals surface area contributed by atoms with E-state index in [0.717, 1.165) is 5.57 Å². The normalized spacial score (nSPS) is 12.2. The molecule has 0 radical (unpaired) electrons. The molecular weight excluding hydrogens is 398 g/mol. The third kappa shape index (κ3) is 7.67. The minimum absolute atomic E-state index is 0.156. The number of aliphatic hydroxyl groups is 1. The number of aliphatic hydroxyl groups excluding tert-OH is 1. The topological polar surface area (TPSA) is 139 Å². The summed E-state index contributed by atoms with van der Waals surface area (Å²) in [5.41, 5.74) is 8.09. The van der Waals surface area contributed by atoms with Gasteiger partial charge in [0.2, 0.25) is 5.88 Å². The summed E-state index contributed by atoms with van der Waals surface area (Å²) in [6.07, 6.45) is 4.42. The molecule has 2 heterocycles. The van der Waals surface area contributed by atoms with Gasteiger partial charge < -0.3 is 25.8 Å². The Balaban J connectivity index is 1.93. The summed E-state index contributed by atoms with van der Waals surface area (Å²) in [4.78, 5) is 30.5. The molecule has 0 saturated heterocycles. The van der Waals surface area contributed by atoms with Crippen molar-refractivity contribution in [2.75, 3.05) is 25.5 Å². The van der Waals surface area contributed by atoms with Crippen molar-refractivity contribution in [3.05, 3.63) is 54.3 Å². The van der Waals surface area contributed by atoms with E-state index in [1.54, 1.807) is 25.4 Å². The highest BCUT2D eigenvalue weighted by atomic mass is 16.5. The number of carbonyl (C=O) groups excluding carboxylic acids is 1. The molecule has 0 bridgehead atoms. The maximum atomic E-state index is 12.4. The number of hydrogen-bond acceptors (Lipinski definition) is 7. The highest BCUT2D eigenvalue weighted by Crippen LogP contribution is 2.13. The fourth-order valence-corrected chi connectivity index (χ4v) is 2.49. The maximum Gasteiger partial charge on any atom is 0.275 e. The van der Waals surface area contributed by atoms with Gasteiger partial charge in [0.25, 0.3) is 5.91 Å². The molecule has 0 aliphatic carbocycles. The average molecular weight is 428 g/mol. The molecule has 0 spiro atoms. The van der Waals surface area contributed by atoms with Gasteiger partial charge in [-0.15, -0.1) is 0 Å². The van der Waals surface area contributed by atoms with Gasteiger partial charge in [0.15, 0.2) is 5.96 Å². The minimum Gasteiger partial charge on any atom is -0.472 e. The number of nitrogens with zero attached hydrogens (tertiary/aromatic N) is 5. The second-order valence-corrected chi connectivity index (χ2v) is 6.94. The van der Waals surface area contributed by atoms with Gasteiger partial charge in [0.1, 0.15) is 18.5 Å². The highest BCUT2D eigenvalue weighted by molar-refractivity contribution is 6.02. The Morgan fingerprint density at radius 2 is 2.16 bits per heavy atom. The van der Waals surface area contributed by atoms with E-state index < -0.39 is 12.1 Å². The van der Waals surface area contributed by atoms with Crippen LogP contribution in [0.4, 0.5) is 5.69 Å². The second-order valence-electron chi connectivity index (χ2n) is 6.94. The first kappa shape index (κ1) is 23.7. The zero-order chi connectivity index (χ0) is 22.8. The van der Waals surface area contributed by atoms with Gasteiger partial charge >= 0.3 is 0 Å². The van der Waals surface area contributed by atoms with E-state index in [1.807, 2.05) is 13.8 Å². The van der Waals surface area contributed by atoms with Gasteiger partial charge in [-0.1, -0.05) is 6.58 Å². The molecule has 4 N–H and O–H groups in total. The third-order valence-corrected chi connectivity index (χ3v) is 4.19. The first-order valence-corrected chi connectivity index (χ1v) is 9.86. The standard InChI is InChI=1S/C21H29N7O3/c1-5-23-21(22)28(4)19(29)7-6-15-10-16(8-9-24-15)27-20(30)17-11-26-18(12-25-17)31-13-14(2)3/h8-12,19,29H,2,5-7,13H2,1,3-4H3,(H2,22,23)(H,24,27,30). The van der Waals surface area contributed by atoms with E-state index in [1.165, 1.54) is 17.3 Å². The quantitative estimate of drug-likeness (QED) is 0.225. The van der Waals surface area contributed by atoms with E-state index >= 15 is 0 Å². The Kier molecular flexibility index (Phi) is 8.89. The number of aromatic nitrogens is 3. The second kappa shape index (κ2) is 11.6. The molecule has 0 aliphatic heterocycles. The minimum atomic E-state index is -0.795. The van der Waals surface area contributed by atoms with Gasteiger partial charge in [-0.25, -0.2) is 9.97 Å². The summed E-state index contributed by atoms with van der Waals surface area (Å²) >= 11 is 0. The van der Waals surface area contributed by atoms with Crippen LogP contribution >= 0.6 is 0 Å². The maximum absolute atomic E-state index is 12.4. The molecule has 2 aromatic rings. The van der Waals surface area contributed by atoms with E-state index in [9.17, 15) is 9.90 Å². The fraction of sp³-hybridized carbons (Fsp3) is 0.381. The van der Waals surface area contributed by atoms with Crippen LogP contribution in [0.15, 0.2) is 47.9 Å². The van der Waals surface area contributed by atoms with Crippen LogP contribution in [0.5, 0.6) is 5.88 Å². The predicted molar refractivity (Wildman–Crippen MR) is 119 cm³/mol. The third-order valence-electron chi connectivity index (χ3n) is 4.19. The van der Waals surface area contributed by atoms with Gasteiger partial charge in [0.05, 0.1) is 12.4 Å². The van der Waals surface area contributed by atoms with Crippen molar-refractivity contribution in [1.29, 1.82) is 0 Å². The number of amides is 1. The molecule has 10 nitrogen and oxygen atoms in total. The van der Waals surface area contributed by atoms with Gasteiger partial charge in [-0.2, -0.15) is 0 Å². The molecule has 1 atom stereocenters. The molecule has 1 amide bonds. The Morgan fingerprint density at radius 1 is 1.39 bits per heavy atom. The van der Waals surface area contributed by atoms with Crippen LogP contribution < -0.4 is 15.8 Å². The largest absolute Gasteiger partial charge is 0.472 e. The fourth-order valence-electron chi connectivity index (χ4n) is 2.49. The van der Waals surface area contributed by atoms with Crippen molar-refractivity contribution in [1.82, 2.24) is 19.9 Å². The number of aryl methyl sites for hydroxylation is 1. The Hall–Kier alpha value is -3.53. The number of ether oxygens (including phenoxy) is 1. The molecule has 2 aromatic heterocycles. The molecule has 0 aliphatic rings. The lowest BCUT2D eigenvalue weighted by Crippen LogP contribution is -2.42. The molecule has 31 heavy (non-hydrogen) atoms. The number of rotatable bonds is 10. The van der Waals surface area contributed by atoms with Crippen molar-refractivity contribution in [3.8, 4) is 5.88 Å². The summed E-state index contributed by atoms with van der Waals surface area (Å²) in [6, 6.07) is 3.42. The van der Waals surface area contributed by atoms with Gasteiger partial charge in [0, 0.05) is 31.2 Å². The SMILES string of the molecule is C=C(C)COc1cnc(C(=O)Nc2ccnc(CCC(O)N(C)C(N)=NCC)c2)cn1. The van der Waals surface area contributed by atoms with Crippen molar-refractivity contribution >= 4 is 17.6 Å². The lowest BCUT2D eigenvalue weighted by molar-refractivity contribution is 0.0606. The molecule has 2 rings (SSSR count). The van der Waals surface area contributed by atoms with Crippen molar-refractivity contribution in [2.24, 2.45) is 10.7 Å². The van der Waals surface area contributed by atoms with E-state index in [2.05, 4.69) is 31.8 Å². The Bertz CT molecular complexity index is 915. The molecule has 0 fully saturated rings. The summed E-state index contributed by atoms with van der Waals surface area (Å²) in [7, 11) is 1.68. The first-order chi connectivity index (χ1) is 14.8. The molecule has 0 saturated carbocycles. The monoisotopic (exact) mass is 427 g/mol. The smallest absolute Gasteiger partial charge is 0.275 e. The number of anilines is 1. The van der Waals surface area contributed by atoms with E-state index in [0.29, 0.717) is 43.3 Å². The summed E-state index contributed by atoms with van der Waals surface area (Å²) < 4.78 is 5.38. The zero-order valence-corrected chi connectivity index (χ0v) is 18.1. The van der Waals surface area contributed by atoms with Crippen molar-refractivity contribution in [2.45, 2.75) is 32.9 Å². The average Bonchev–Trinajstić information content (AvgIpc) is 2.76. The lowest BCUT2D eigenvalue weighted by Gasteiger charge is -2.24. The number of nitrogens with one attached hydrogen (secondary N) is 1. The summed E-state index contributed by atoms with van der Waals surface area (Å²) in [5.74, 6) is 0.194. The lowest BCUT2D eigenvalue weighted by atomic mass is 10.2. The number of carbonyl (C=O) groups is 1. The van der Waals surface area contributed by atoms with E-state index in [-0.39, 0.29) is 11.7 Å². The van der Waals surface area contributed by atoms with Crippen LogP contribution in [0, 0.1) is 0 Å².